The van der Waals surface area contributed by atoms with Crippen LogP contribution in [0.4, 0.5) is 0 Å². The molecule has 26 heavy (non-hydrogen) atoms. The van der Waals surface area contributed by atoms with Gasteiger partial charge < -0.3 is 4.43 Å². The minimum Gasteiger partial charge on any atom is -0.405 e. The van der Waals surface area contributed by atoms with Crippen LogP contribution in [0, 0.1) is 0 Å². The van der Waals surface area contributed by atoms with E-state index in [2.05, 4.69) is 86.3 Å². The van der Waals surface area contributed by atoms with E-state index in [4.69, 9.17) is 4.43 Å². The van der Waals surface area contributed by atoms with Crippen molar-refractivity contribution in [3.63, 3.8) is 0 Å². The Kier molecular flexibility index (Phi) is 9.44. The molecule has 0 unspecified atom stereocenters. The van der Waals surface area contributed by atoms with Gasteiger partial charge in [-0.1, -0.05) is 112 Å². The summed E-state index contributed by atoms with van der Waals surface area (Å²) in [6.07, 6.45) is 13.8. The third kappa shape index (κ3) is 6.58. The van der Waals surface area contributed by atoms with Gasteiger partial charge in [0.25, 0.3) is 8.32 Å². The summed E-state index contributed by atoms with van der Waals surface area (Å²) in [6, 6.07) is 21.4. The fraction of sp³-hybridized carbons (Fsp3) is 0.417. The van der Waals surface area contributed by atoms with E-state index in [1.807, 2.05) is 0 Å². The summed E-state index contributed by atoms with van der Waals surface area (Å²) in [4.78, 5) is 0. The maximum absolute atomic E-state index is 6.51. The highest BCUT2D eigenvalue weighted by atomic mass is 28.4. The SMILES string of the molecule is CCCCCCCC/C=C/CO[Si](C)(c1ccccc1)c1ccccc1. The molecule has 0 fully saturated rings. The Labute approximate surface area is 161 Å². The number of unbranched alkanes of at least 4 members (excludes halogenated alkanes) is 6. The Bertz CT molecular complexity index is 582. The first-order valence-corrected chi connectivity index (χ1v) is 12.6. The zero-order valence-corrected chi connectivity index (χ0v) is 17.5. The van der Waals surface area contributed by atoms with Gasteiger partial charge in [-0.2, -0.15) is 0 Å². The van der Waals surface area contributed by atoms with E-state index < -0.39 is 8.32 Å². The van der Waals surface area contributed by atoms with Crippen molar-refractivity contribution in [3.05, 3.63) is 72.8 Å². The van der Waals surface area contributed by atoms with Crippen LogP contribution in [0.1, 0.15) is 51.9 Å². The zero-order valence-electron chi connectivity index (χ0n) is 16.5. The summed E-state index contributed by atoms with van der Waals surface area (Å²) in [6.45, 7) is 5.27. The highest BCUT2D eigenvalue weighted by Gasteiger charge is 2.33. The minimum atomic E-state index is -2.14. The topological polar surface area (TPSA) is 9.23 Å². The van der Waals surface area contributed by atoms with Crippen LogP contribution < -0.4 is 10.4 Å². The molecule has 0 saturated carbocycles. The van der Waals surface area contributed by atoms with Gasteiger partial charge in [-0.3, -0.25) is 0 Å². The Hall–Kier alpha value is -1.64. The van der Waals surface area contributed by atoms with Crippen LogP contribution in [0.2, 0.25) is 6.55 Å². The Morgan fingerprint density at radius 3 is 1.85 bits per heavy atom. The predicted octanol–water partition coefficient (Wildman–Crippen LogP) is 5.70. The van der Waals surface area contributed by atoms with Gasteiger partial charge in [0.1, 0.15) is 0 Å². The van der Waals surface area contributed by atoms with Gasteiger partial charge in [0.15, 0.2) is 0 Å². The number of hydrogen-bond donors (Lipinski definition) is 0. The van der Waals surface area contributed by atoms with Crippen LogP contribution in [0.3, 0.4) is 0 Å². The lowest BCUT2D eigenvalue weighted by atomic mass is 10.1. The molecular weight excluding hydrogens is 332 g/mol. The van der Waals surface area contributed by atoms with Gasteiger partial charge in [-0.25, -0.2) is 0 Å². The summed E-state index contributed by atoms with van der Waals surface area (Å²) >= 11 is 0. The normalized spacial score (nSPS) is 11.9. The molecule has 0 saturated heterocycles. The van der Waals surface area contributed by atoms with E-state index in [1.54, 1.807) is 0 Å². The third-order valence-electron chi connectivity index (χ3n) is 5.01. The second-order valence-corrected chi connectivity index (χ2v) is 10.6. The third-order valence-corrected chi connectivity index (χ3v) is 8.62. The number of rotatable bonds is 12. The molecule has 2 aromatic rings. The van der Waals surface area contributed by atoms with Crippen LogP contribution in [0.15, 0.2) is 72.8 Å². The molecule has 140 valence electrons. The molecular formula is C24H34OSi. The summed E-state index contributed by atoms with van der Waals surface area (Å²) in [5.41, 5.74) is 0. The van der Waals surface area contributed by atoms with Crippen molar-refractivity contribution < 1.29 is 4.43 Å². The second-order valence-electron chi connectivity index (χ2n) is 7.10. The standard InChI is InChI=1S/C24H34OSi/c1-3-4-5-6-7-8-9-10-17-22-25-26(2,23-18-13-11-14-19-23)24-20-15-12-16-21-24/h10-21H,3-9,22H2,1-2H3/b17-10+. The Morgan fingerprint density at radius 2 is 1.27 bits per heavy atom. The van der Waals surface area contributed by atoms with Crippen LogP contribution in [0.25, 0.3) is 0 Å². The second kappa shape index (κ2) is 11.9. The van der Waals surface area contributed by atoms with Crippen LogP contribution in [0.5, 0.6) is 0 Å². The summed E-state index contributed by atoms with van der Waals surface area (Å²) in [5, 5.41) is 2.66. The summed E-state index contributed by atoms with van der Waals surface area (Å²) in [7, 11) is -2.14. The molecule has 0 aliphatic rings. The van der Waals surface area contributed by atoms with Crippen LogP contribution in [-0.2, 0) is 4.43 Å². The largest absolute Gasteiger partial charge is 0.405 e. The van der Waals surface area contributed by atoms with Crippen molar-refractivity contribution >= 4 is 18.7 Å². The molecule has 0 radical (unpaired) electrons. The maximum Gasteiger partial charge on any atom is 0.253 e. The molecule has 0 spiro atoms. The average molecular weight is 367 g/mol. The fourth-order valence-electron chi connectivity index (χ4n) is 3.29. The highest BCUT2D eigenvalue weighted by Crippen LogP contribution is 2.09. The minimum absolute atomic E-state index is 0.697. The predicted molar refractivity (Wildman–Crippen MR) is 117 cm³/mol. The van der Waals surface area contributed by atoms with Crippen LogP contribution in [-0.4, -0.2) is 14.9 Å². The number of allylic oxidation sites excluding steroid dienone is 1. The van der Waals surface area contributed by atoms with Crippen molar-refractivity contribution in [3.8, 4) is 0 Å². The lowest BCUT2D eigenvalue weighted by Crippen LogP contribution is -2.58. The molecule has 2 aromatic carbocycles. The van der Waals surface area contributed by atoms with Crippen molar-refractivity contribution in [2.24, 2.45) is 0 Å². The maximum atomic E-state index is 6.51. The molecule has 0 aliphatic heterocycles. The van der Waals surface area contributed by atoms with Crippen molar-refractivity contribution in [2.75, 3.05) is 6.61 Å². The lowest BCUT2D eigenvalue weighted by molar-refractivity contribution is 0.366. The van der Waals surface area contributed by atoms with E-state index >= 15 is 0 Å². The lowest BCUT2D eigenvalue weighted by Gasteiger charge is -2.28. The van der Waals surface area contributed by atoms with Gasteiger partial charge in [0, 0.05) is 0 Å². The quantitative estimate of drug-likeness (QED) is 0.266. The molecule has 0 aromatic heterocycles. The number of benzene rings is 2. The fourth-order valence-corrected chi connectivity index (χ4v) is 6.04. The molecule has 2 rings (SSSR count). The van der Waals surface area contributed by atoms with E-state index in [-0.39, 0.29) is 0 Å². The van der Waals surface area contributed by atoms with Gasteiger partial charge in [-0.15, -0.1) is 0 Å². The smallest absolute Gasteiger partial charge is 0.253 e. The van der Waals surface area contributed by atoms with Crippen molar-refractivity contribution in [2.45, 2.75) is 58.4 Å². The molecule has 0 aliphatic carbocycles. The first-order valence-electron chi connectivity index (χ1n) is 10.2. The molecule has 0 amide bonds. The summed E-state index contributed by atoms with van der Waals surface area (Å²) in [5.74, 6) is 0. The Morgan fingerprint density at radius 1 is 0.731 bits per heavy atom. The highest BCUT2D eigenvalue weighted by molar-refractivity contribution is 6.96. The van der Waals surface area contributed by atoms with E-state index in [0.29, 0.717) is 6.61 Å². The molecule has 0 atom stereocenters. The molecule has 0 heterocycles. The molecule has 0 bridgehead atoms. The van der Waals surface area contributed by atoms with E-state index in [1.165, 1.54) is 55.3 Å². The van der Waals surface area contributed by atoms with E-state index in [0.717, 1.165) is 0 Å². The average Bonchev–Trinajstić information content (AvgIpc) is 2.70. The van der Waals surface area contributed by atoms with Gasteiger partial charge >= 0.3 is 0 Å². The number of hydrogen-bond acceptors (Lipinski definition) is 1. The van der Waals surface area contributed by atoms with Crippen molar-refractivity contribution in [1.29, 1.82) is 0 Å². The van der Waals surface area contributed by atoms with Crippen LogP contribution >= 0.6 is 0 Å². The first-order chi connectivity index (χ1) is 12.8. The summed E-state index contributed by atoms with van der Waals surface area (Å²) < 4.78 is 6.51. The van der Waals surface area contributed by atoms with E-state index in [9.17, 15) is 0 Å². The molecule has 1 nitrogen and oxygen atoms in total. The zero-order chi connectivity index (χ0) is 18.5. The van der Waals surface area contributed by atoms with Crippen molar-refractivity contribution in [1.82, 2.24) is 0 Å². The van der Waals surface area contributed by atoms with Gasteiger partial charge in [-0.05, 0) is 29.8 Å². The Balaban J connectivity index is 1.86. The molecule has 0 N–H and O–H groups in total. The molecule has 2 heteroatoms. The monoisotopic (exact) mass is 366 g/mol. The van der Waals surface area contributed by atoms with Gasteiger partial charge in [0.2, 0.25) is 0 Å². The van der Waals surface area contributed by atoms with Gasteiger partial charge in [0.05, 0.1) is 6.61 Å². The first kappa shape index (κ1) is 20.7.